The molecule has 0 aliphatic rings. The average Bonchev–Trinajstić information content (AvgIpc) is 1.87. The summed E-state index contributed by atoms with van der Waals surface area (Å²) in [6.07, 6.45) is 4.77. The van der Waals surface area contributed by atoms with Crippen LogP contribution in [0, 0.1) is 0 Å². The zero-order valence-corrected chi connectivity index (χ0v) is 12.9. The largest absolute Gasteiger partial charge is 1.00 e. The van der Waals surface area contributed by atoms with Gasteiger partial charge >= 0.3 is 59.1 Å². The van der Waals surface area contributed by atoms with Crippen LogP contribution in [0.5, 0.6) is 0 Å². The molecule has 0 spiro atoms. The summed E-state index contributed by atoms with van der Waals surface area (Å²) in [5.41, 5.74) is 0. The Morgan fingerprint density at radius 2 is 1.07 bits per heavy atom. The van der Waals surface area contributed by atoms with Gasteiger partial charge in [-0.2, -0.15) is 0 Å². The molecule has 0 aromatic heterocycles. The summed E-state index contributed by atoms with van der Waals surface area (Å²) < 4.78 is 0. The number of allylic oxidation sites excluding steroid dienone is 2. The van der Waals surface area contributed by atoms with E-state index in [2.05, 4.69) is 0 Å². The molecule has 0 atom stereocenters. The molecule has 0 unspecified atom stereocenters. The summed E-state index contributed by atoms with van der Waals surface area (Å²) in [5.74, 6) is -2.28. The third kappa shape index (κ3) is 39.3. The molecule has 4 nitrogen and oxygen atoms in total. The van der Waals surface area contributed by atoms with Crippen molar-refractivity contribution in [2.24, 2.45) is 0 Å². The molecule has 0 amide bonds. The second-order valence-electron chi connectivity index (χ2n) is 1.64. The van der Waals surface area contributed by atoms with Crippen LogP contribution in [0.4, 0.5) is 0 Å². The maximum atomic E-state index is 9.40. The zero-order chi connectivity index (χ0) is 9.98. The first kappa shape index (κ1) is 23.9. The van der Waals surface area contributed by atoms with Crippen molar-refractivity contribution in [1.29, 1.82) is 0 Å². The van der Waals surface area contributed by atoms with Gasteiger partial charge in [0.1, 0.15) is 0 Å². The van der Waals surface area contributed by atoms with Gasteiger partial charge in [-0.15, -0.1) is 0 Å². The number of aliphatic carboxylic acids is 2. The Morgan fingerprint density at radius 1 is 0.857 bits per heavy atom. The Hall–Kier alpha value is 0.420. The summed E-state index contributed by atoms with van der Waals surface area (Å²) in [4.78, 5) is 18.8. The van der Waals surface area contributed by atoms with Gasteiger partial charge in [-0.25, -0.2) is 0 Å². The van der Waals surface area contributed by atoms with Crippen LogP contribution in [0.1, 0.15) is 13.8 Å². The fraction of sp³-hybridized carbons (Fsp3) is 0.250. The van der Waals surface area contributed by atoms with Gasteiger partial charge in [-0.1, -0.05) is 12.2 Å². The molecule has 68 valence electrons. The third-order valence-corrected chi connectivity index (χ3v) is 0.605. The quantitative estimate of drug-likeness (QED) is 0.339. The Bertz CT molecular complexity index is 178. The van der Waals surface area contributed by atoms with Crippen molar-refractivity contribution in [3.8, 4) is 0 Å². The Kier molecular flexibility index (Phi) is 32.6. The zero-order valence-electron chi connectivity index (χ0n) is 8.94. The van der Waals surface area contributed by atoms with Gasteiger partial charge in [-0.3, -0.25) is 0 Å². The van der Waals surface area contributed by atoms with E-state index in [9.17, 15) is 19.8 Å². The minimum Gasteiger partial charge on any atom is -0.545 e. The molecule has 6 heteroatoms. The van der Waals surface area contributed by atoms with E-state index >= 15 is 0 Å². The summed E-state index contributed by atoms with van der Waals surface area (Å²) in [5, 5.41) is 18.8. The second-order valence-corrected chi connectivity index (χ2v) is 1.64. The smallest absolute Gasteiger partial charge is 0.545 e. The van der Waals surface area contributed by atoms with E-state index in [0.29, 0.717) is 0 Å². The van der Waals surface area contributed by atoms with E-state index in [1.54, 1.807) is 13.8 Å². The number of rotatable bonds is 2. The minimum absolute atomic E-state index is 0. The standard InChI is InChI=1S/2C4H6O2.2Na/c2*1-2-3-4(5)6;;/h2*2-3H,1H3,(H,5,6);;/q;;2*+1/p-2/b2*3-2-;;. The molecule has 0 saturated heterocycles. The number of carbonyl (C=O) groups excluding carboxylic acids is 2. The maximum Gasteiger partial charge on any atom is 1.00 e. The molecule has 0 radical (unpaired) electrons. The van der Waals surface area contributed by atoms with Crippen LogP contribution in [-0.2, 0) is 9.59 Å². The Balaban J connectivity index is -0.0000000625. The van der Waals surface area contributed by atoms with Gasteiger partial charge in [0.15, 0.2) is 0 Å². The topological polar surface area (TPSA) is 80.3 Å². The van der Waals surface area contributed by atoms with Crippen LogP contribution < -0.4 is 69.3 Å². The molecular formula is C8H10Na2O4. The number of carboxylic acids is 2. The first-order valence-corrected chi connectivity index (χ1v) is 3.22. The van der Waals surface area contributed by atoms with Crippen molar-refractivity contribution in [2.45, 2.75) is 13.8 Å². The van der Waals surface area contributed by atoms with Crippen LogP contribution in [0.25, 0.3) is 0 Å². The van der Waals surface area contributed by atoms with Crippen LogP contribution in [0.2, 0.25) is 0 Å². The van der Waals surface area contributed by atoms with Gasteiger partial charge in [0, 0.05) is 0 Å². The molecule has 14 heavy (non-hydrogen) atoms. The average molecular weight is 216 g/mol. The van der Waals surface area contributed by atoms with Crippen molar-refractivity contribution in [3.63, 3.8) is 0 Å². The van der Waals surface area contributed by atoms with Crippen molar-refractivity contribution < 1.29 is 78.9 Å². The minimum atomic E-state index is -1.14. The first-order chi connectivity index (χ1) is 5.54. The van der Waals surface area contributed by atoms with Gasteiger partial charge in [0.2, 0.25) is 0 Å². The van der Waals surface area contributed by atoms with Crippen LogP contribution in [0.15, 0.2) is 24.3 Å². The molecule has 0 fully saturated rings. The number of hydrogen-bond acceptors (Lipinski definition) is 4. The molecule has 0 saturated carbocycles. The van der Waals surface area contributed by atoms with Gasteiger partial charge in [0.25, 0.3) is 0 Å². The van der Waals surface area contributed by atoms with Crippen molar-refractivity contribution in [3.05, 3.63) is 24.3 Å². The van der Waals surface area contributed by atoms with Gasteiger partial charge in [0.05, 0.1) is 11.9 Å². The maximum absolute atomic E-state index is 9.40. The normalized spacial score (nSPS) is 8.14. The van der Waals surface area contributed by atoms with E-state index in [1.165, 1.54) is 12.2 Å². The van der Waals surface area contributed by atoms with E-state index in [1.807, 2.05) is 0 Å². The first-order valence-electron chi connectivity index (χ1n) is 3.22. The van der Waals surface area contributed by atoms with E-state index < -0.39 is 11.9 Å². The molecule has 0 aromatic rings. The molecular weight excluding hydrogens is 206 g/mol. The Labute approximate surface area is 128 Å². The van der Waals surface area contributed by atoms with Crippen molar-refractivity contribution >= 4 is 11.9 Å². The summed E-state index contributed by atoms with van der Waals surface area (Å²) in [7, 11) is 0. The van der Waals surface area contributed by atoms with Crippen LogP contribution in [0.3, 0.4) is 0 Å². The fourth-order valence-corrected chi connectivity index (χ4v) is 0.272. The molecule has 0 rings (SSSR count). The SMILES string of the molecule is C/C=C\C(=O)[O-].C/C=C\C(=O)[O-].[Na+].[Na+]. The summed E-state index contributed by atoms with van der Waals surface area (Å²) >= 11 is 0. The predicted molar refractivity (Wildman–Crippen MR) is 39.6 cm³/mol. The van der Waals surface area contributed by atoms with Crippen molar-refractivity contribution in [1.82, 2.24) is 0 Å². The third-order valence-electron chi connectivity index (χ3n) is 0.605. The molecule has 0 N–H and O–H groups in total. The predicted octanol–water partition coefficient (Wildman–Crippen LogP) is -7.37. The summed E-state index contributed by atoms with van der Waals surface area (Å²) in [6.45, 7) is 3.24. The molecule has 0 aliphatic carbocycles. The van der Waals surface area contributed by atoms with Gasteiger partial charge < -0.3 is 19.8 Å². The van der Waals surface area contributed by atoms with E-state index in [-0.39, 0.29) is 59.1 Å². The van der Waals surface area contributed by atoms with Crippen LogP contribution >= 0.6 is 0 Å². The molecule has 0 aromatic carbocycles. The monoisotopic (exact) mass is 216 g/mol. The van der Waals surface area contributed by atoms with Gasteiger partial charge in [-0.05, 0) is 26.0 Å². The number of carboxylic acid groups (broad SMARTS) is 2. The molecule has 0 aliphatic heterocycles. The Morgan fingerprint density at radius 3 is 1.07 bits per heavy atom. The second kappa shape index (κ2) is 19.1. The number of hydrogen-bond donors (Lipinski definition) is 0. The number of carbonyl (C=O) groups is 2. The van der Waals surface area contributed by atoms with Crippen molar-refractivity contribution in [2.75, 3.05) is 0 Å². The van der Waals surface area contributed by atoms with E-state index in [0.717, 1.165) is 12.2 Å². The summed E-state index contributed by atoms with van der Waals surface area (Å²) in [6, 6.07) is 0. The van der Waals surface area contributed by atoms with Crippen LogP contribution in [-0.4, -0.2) is 11.9 Å². The molecule has 0 heterocycles. The van der Waals surface area contributed by atoms with E-state index in [4.69, 9.17) is 0 Å². The molecule has 0 bridgehead atoms. The fourth-order valence-electron chi connectivity index (χ4n) is 0.272.